The number of piperazine rings is 1. The van der Waals surface area contributed by atoms with Gasteiger partial charge in [-0.2, -0.15) is 10.1 Å². The predicted octanol–water partition coefficient (Wildman–Crippen LogP) is 3.86. The SMILES string of the molecule is COCCN1CCN(c2ccc(Oc3cc(-c4c(C)cccc4C)nc(NS(=O)(=O)c4cnn(C)c4)n3)cc2)CC1. The average Bonchev–Trinajstić information content (AvgIpc) is 3.40. The maximum atomic E-state index is 13.0. The molecule has 3 heterocycles. The van der Waals surface area contributed by atoms with Gasteiger partial charge in [0.2, 0.25) is 11.8 Å². The largest absolute Gasteiger partial charge is 0.439 e. The number of aromatic nitrogens is 4. The van der Waals surface area contributed by atoms with Crippen molar-refractivity contribution in [3.8, 4) is 22.9 Å². The lowest BCUT2D eigenvalue weighted by atomic mass is 10.00. The van der Waals surface area contributed by atoms with Crippen LogP contribution in [0, 0.1) is 13.8 Å². The summed E-state index contributed by atoms with van der Waals surface area (Å²) >= 11 is 0. The van der Waals surface area contributed by atoms with Crippen LogP contribution in [0.15, 0.2) is 65.8 Å². The first-order valence-electron chi connectivity index (χ1n) is 13.4. The highest BCUT2D eigenvalue weighted by Crippen LogP contribution is 2.31. The van der Waals surface area contributed by atoms with Crippen LogP contribution in [0.4, 0.5) is 11.6 Å². The summed E-state index contributed by atoms with van der Waals surface area (Å²) in [4.78, 5) is 13.7. The van der Waals surface area contributed by atoms with E-state index in [4.69, 9.17) is 9.47 Å². The molecule has 0 unspecified atom stereocenters. The van der Waals surface area contributed by atoms with Crippen LogP contribution in [0.25, 0.3) is 11.3 Å². The van der Waals surface area contributed by atoms with Crippen molar-refractivity contribution in [1.29, 1.82) is 0 Å². The minimum Gasteiger partial charge on any atom is -0.439 e. The van der Waals surface area contributed by atoms with E-state index in [1.165, 1.54) is 17.1 Å². The standard InChI is InChI=1S/C29H35N7O4S/c1-21-6-5-7-22(2)28(21)26-18-27(32-29(31-26)33-41(37,38)25-19-30-34(3)20-25)40-24-10-8-23(9-11-24)36-14-12-35(13-15-36)16-17-39-4/h5-11,18-20H,12-17H2,1-4H3,(H,31,32,33). The van der Waals surface area contributed by atoms with Crippen molar-refractivity contribution in [2.24, 2.45) is 7.05 Å². The molecular formula is C29H35N7O4S. The second-order valence-corrected chi connectivity index (χ2v) is 11.7. The molecule has 4 aromatic rings. The second kappa shape index (κ2) is 12.2. The normalized spacial score (nSPS) is 14.3. The van der Waals surface area contributed by atoms with E-state index < -0.39 is 10.0 Å². The molecule has 12 heteroatoms. The average molecular weight is 578 g/mol. The number of aryl methyl sites for hydroxylation is 3. The van der Waals surface area contributed by atoms with Gasteiger partial charge in [-0.05, 0) is 49.2 Å². The Morgan fingerprint density at radius 3 is 2.32 bits per heavy atom. The summed E-state index contributed by atoms with van der Waals surface area (Å²) in [6, 6.07) is 15.5. The molecule has 1 fully saturated rings. The Hall–Kier alpha value is -4.00. The van der Waals surface area contributed by atoms with Gasteiger partial charge in [-0.15, -0.1) is 0 Å². The Morgan fingerprint density at radius 2 is 1.68 bits per heavy atom. The van der Waals surface area contributed by atoms with E-state index in [9.17, 15) is 8.42 Å². The third-order valence-electron chi connectivity index (χ3n) is 7.07. The number of hydrogen-bond acceptors (Lipinski definition) is 9. The highest BCUT2D eigenvalue weighted by molar-refractivity contribution is 7.92. The zero-order chi connectivity index (χ0) is 29.0. The number of methoxy groups -OCH3 is 1. The summed E-state index contributed by atoms with van der Waals surface area (Å²) in [6.07, 6.45) is 2.69. The highest BCUT2D eigenvalue weighted by atomic mass is 32.2. The van der Waals surface area contributed by atoms with Crippen LogP contribution in [0.5, 0.6) is 11.6 Å². The minimum absolute atomic E-state index is 0.0127. The minimum atomic E-state index is -3.96. The monoisotopic (exact) mass is 577 g/mol. The lowest BCUT2D eigenvalue weighted by Crippen LogP contribution is -2.47. The molecule has 1 aliphatic rings. The topological polar surface area (TPSA) is 115 Å². The van der Waals surface area contributed by atoms with E-state index in [1.54, 1.807) is 20.2 Å². The number of anilines is 2. The summed E-state index contributed by atoms with van der Waals surface area (Å²) in [7, 11) is -0.579. The van der Waals surface area contributed by atoms with Gasteiger partial charge in [-0.3, -0.25) is 9.58 Å². The molecule has 1 N–H and O–H groups in total. The fourth-order valence-electron chi connectivity index (χ4n) is 4.88. The van der Waals surface area contributed by atoms with Crippen molar-refractivity contribution in [2.75, 3.05) is 56.1 Å². The first-order valence-corrected chi connectivity index (χ1v) is 14.9. The molecule has 1 saturated heterocycles. The first-order chi connectivity index (χ1) is 19.7. The van der Waals surface area contributed by atoms with E-state index in [2.05, 4.69) is 29.6 Å². The number of ether oxygens (including phenoxy) is 2. The van der Waals surface area contributed by atoms with Crippen molar-refractivity contribution in [1.82, 2.24) is 24.6 Å². The van der Waals surface area contributed by atoms with Gasteiger partial charge >= 0.3 is 0 Å². The first kappa shape index (κ1) is 28.5. The Kier molecular flexibility index (Phi) is 8.52. The smallest absolute Gasteiger partial charge is 0.267 e. The molecule has 0 saturated carbocycles. The molecule has 5 rings (SSSR count). The van der Waals surface area contributed by atoms with Crippen LogP contribution in [-0.2, 0) is 21.8 Å². The van der Waals surface area contributed by atoms with Crippen molar-refractivity contribution >= 4 is 21.7 Å². The molecule has 0 amide bonds. The van der Waals surface area contributed by atoms with Crippen LogP contribution < -0.4 is 14.4 Å². The predicted molar refractivity (Wildman–Crippen MR) is 158 cm³/mol. The van der Waals surface area contributed by atoms with Crippen molar-refractivity contribution in [2.45, 2.75) is 18.7 Å². The van der Waals surface area contributed by atoms with E-state index in [1.807, 2.05) is 56.3 Å². The van der Waals surface area contributed by atoms with E-state index in [-0.39, 0.29) is 16.7 Å². The Balaban J connectivity index is 1.39. The van der Waals surface area contributed by atoms with Gasteiger partial charge in [0.05, 0.1) is 18.5 Å². The van der Waals surface area contributed by atoms with E-state index in [0.29, 0.717) is 11.4 Å². The zero-order valence-corrected chi connectivity index (χ0v) is 24.6. The molecule has 2 aromatic heterocycles. The van der Waals surface area contributed by atoms with Crippen LogP contribution in [0.3, 0.4) is 0 Å². The summed E-state index contributed by atoms with van der Waals surface area (Å²) in [5, 5.41) is 3.96. The summed E-state index contributed by atoms with van der Waals surface area (Å²) < 4.78 is 41.3. The number of benzene rings is 2. The van der Waals surface area contributed by atoms with Gasteiger partial charge in [-0.1, -0.05) is 18.2 Å². The van der Waals surface area contributed by atoms with Gasteiger partial charge in [0, 0.05) is 70.4 Å². The van der Waals surface area contributed by atoms with E-state index in [0.717, 1.165) is 61.7 Å². The molecule has 0 bridgehead atoms. The highest BCUT2D eigenvalue weighted by Gasteiger charge is 2.21. The third-order valence-corrected chi connectivity index (χ3v) is 8.35. The molecule has 1 aliphatic heterocycles. The van der Waals surface area contributed by atoms with Gasteiger partial charge in [0.15, 0.2) is 0 Å². The Morgan fingerprint density at radius 1 is 0.976 bits per heavy atom. The van der Waals surface area contributed by atoms with Crippen LogP contribution >= 0.6 is 0 Å². The molecular weight excluding hydrogens is 542 g/mol. The van der Waals surface area contributed by atoms with Crippen molar-refractivity contribution < 1.29 is 17.9 Å². The summed E-state index contributed by atoms with van der Waals surface area (Å²) in [5.41, 5.74) is 4.57. The summed E-state index contributed by atoms with van der Waals surface area (Å²) in [5.74, 6) is 0.715. The number of hydrogen-bond donors (Lipinski definition) is 1. The van der Waals surface area contributed by atoms with Crippen LogP contribution in [-0.4, -0.2) is 79.5 Å². The van der Waals surface area contributed by atoms with Crippen LogP contribution in [0.1, 0.15) is 11.1 Å². The number of nitrogens with zero attached hydrogens (tertiary/aromatic N) is 6. The van der Waals surface area contributed by atoms with Gasteiger partial charge in [-0.25, -0.2) is 18.1 Å². The number of nitrogens with one attached hydrogen (secondary N) is 1. The third kappa shape index (κ3) is 6.84. The fourth-order valence-corrected chi connectivity index (χ4v) is 5.81. The summed E-state index contributed by atoms with van der Waals surface area (Å²) in [6.45, 7) is 9.52. The zero-order valence-electron chi connectivity index (χ0n) is 23.7. The van der Waals surface area contributed by atoms with Gasteiger partial charge in [0.1, 0.15) is 10.6 Å². The van der Waals surface area contributed by atoms with Crippen molar-refractivity contribution in [3.63, 3.8) is 0 Å². The second-order valence-electron chi connectivity index (χ2n) is 10.1. The quantitative estimate of drug-likeness (QED) is 0.300. The molecule has 0 radical (unpaired) electrons. The Bertz CT molecular complexity index is 1580. The fraction of sp³-hybridized carbons (Fsp3) is 0.345. The van der Waals surface area contributed by atoms with E-state index >= 15 is 0 Å². The molecule has 0 aliphatic carbocycles. The molecule has 2 aromatic carbocycles. The lowest BCUT2D eigenvalue weighted by Gasteiger charge is -2.36. The number of rotatable bonds is 10. The molecule has 216 valence electrons. The maximum absolute atomic E-state index is 13.0. The number of sulfonamides is 1. The molecule has 0 atom stereocenters. The lowest BCUT2D eigenvalue weighted by molar-refractivity contribution is 0.144. The van der Waals surface area contributed by atoms with Gasteiger partial charge in [0.25, 0.3) is 10.0 Å². The molecule has 41 heavy (non-hydrogen) atoms. The molecule has 0 spiro atoms. The molecule has 11 nitrogen and oxygen atoms in total. The van der Waals surface area contributed by atoms with Crippen LogP contribution in [0.2, 0.25) is 0 Å². The maximum Gasteiger partial charge on any atom is 0.267 e. The van der Waals surface area contributed by atoms with Gasteiger partial charge < -0.3 is 14.4 Å². The Labute approximate surface area is 240 Å². The van der Waals surface area contributed by atoms with Crippen molar-refractivity contribution in [3.05, 3.63) is 72.1 Å².